The number of hydrogen-bond acceptors (Lipinski definition) is 2. The molecule has 2 N–H and O–H groups in total. The van der Waals surface area contributed by atoms with Crippen molar-refractivity contribution in [1.82, 2.24) is 5.32 Å². The Balaban J connectivity index is 2.31. The fourth-order valence-electron chi connectivity index (χ4n) is 2.19. The molecule has 1 saturated carbocycles. The Hall–Kier alpha value is -0.570. The first-order valence-electron chi connectivity index (χ1n) is 6.08. The number of rotatable bonds is 4. The maximum absolute atomic E-state index is 11.1. The zero-order valence-corrected chi connectivity index (χ0v) is 9.88. The van der Waals surface area contributed by atoms with Crippen LogP contribution in [-0.4, -0.2) is 23.2 Å². The summed E-state index contributed by atoms with van der Waals surface area (Å²) < 4.78 is 0. The van der Waals surface area contributed by atoms with Gasteiger partial charge in [-0.2, -0.15) is 0 Å². The molecule has 0 bridgehead atoms. The van der Waals surface area contributed by atoms with Gasteiger partial charge in [0.25, 0.3) is 0 Å². The molecule has 1 rings (SSSR count). The molecule has 15 heavy (non-hydrogen) atoms. The molecular weight excluding hydrogens is 190 g/mol. The minimum atomic E-state index is -0.642. The van der Waals surface area contributed by atoms with Gasteiger partial charge in [0, 0.05) is 13.0 Å². The van der Waals surface area contributed by atoms with Crippen LogP contribution in [0.1, 0.15) is 52.4 Å². The molecule has 1 fully saturated rings. The summed E-state index contributed by atoms with van der Waals surface area (Å²) in [5.74, 6) is 0.799. The lowest BCUT2D eigenvalue weighted by Crippen LogP contribution is -2.45. The fourth-order valence-corrected chi connectivity index (χ4v) is 2.19. The first kappa shape index (κ1) is 12.5. The van der Waals surface area contributed by atoms with Crippen LogP contribution in [0.25, 0.3) is 0 Å². The van der Waals surface area contributed by atoms with Crippen molar-refractivity contribution < 1.29 is 9.90 Å². The van der Waals surface area contributed by atoms with Gasteiger partial charge in [-0.05, 0) is 31.6 Å². The Kier molecular flexibility index (Phi) is 4.58. The molecule has 0 aromatic heterocycles. The minimum Gasteiger partial charge on any atom is -0.388 e. The highest BCUT2D eigenvalue weighted by Crippen LogP contribution is 2.33. The predicted molar refractivity (Wildman–Crippen MR) is 60.5 cm³/mol. The molecule has 1 aliphatic rings. The largest absolute Gasteiger partial charge is 0.388 e. The van der Waals surface area contributed by atoms with Gasteiger partial charge in [0.2, 0.25) is 5.91 Å². The molecule has 3 heteroatoms. The van der Waals surface area contributed by atoms with Crippen LogP contribution in [0.15, 0.2) is 0 Å². The van der Waals surface area contributed by atoms with Crippen LogP contribution >= 0.6 is 0 Å². The van der Waals surface area contributed by atoms with E-state index >= 15 is 0 Å². The Labute approximate surface area is 92.3 Å². The average Bonchev–Trinajstić information content (AvgIpc) is 2.27. The van der Waals surface area contributed by atoms with Gasteiger partial charge in [0.05, 0.1) is 5.60 Å². The summed E-state index contributed by atoms with van der Waals surface area (Å²) in [4.78, 5) is 11.1. The molecule has 0 radical (unpaired) electrons. The molecule has 0 spiro atoms. The normalized spacial score (nSPS) is 31.3. The molecule has 0 heterocycles. The van der Waals surface area contributed by atoms with Gasteiger partial charge >= 0.3 is 0 Å². The van der Waals surface area contributed by atoms with Crippen molar-refractivity contribution in [2.24, 2.45) is 5.92 Å². The van der Waals surface area contributed by atoms with E-state index in [0.717, 1.165) is 31.6 Å². The van der Waals surface area contributed by atoms with Crippen molar-refractivity contribution in [2.75, 3.05) is 6.54 Å². The van der Waals surface area contributed by atoms with Gasteiger partial charge in [-0.3, -0.25) is 4.79 Å². The van der Waals surface area contributed by atoms with Crippen LogP contribution in [0, 0.1) is 5.92 Å². The van der Waals surface area contributed by atoms with Crippen LogP contribution in [0.4, 0.5) is 0 Å². The van der Waals surface area contributed by atoms with E-state index in [1.165, 1.54) is 6.42 Å². The van der Waals surface area contributed by atoms with Gasteiger partial charge < -0.3 is 10.4 Å². The Bertz CT molecular complexity index is 208. The molecule has 0 atom stereocenters. The van der Waals surface area contributed by atoms with E-state index in [-0.39, 0.29) is 5.91 Å². The zero-order valence-electron chi connectivity index (χ0n) is 9.88. The highest BCUT2D eigenvalue weighted by molar-refractivity contribution is 5.75. The Morgan fingerprint density at radius 2 is 2.00 bits per heavy atom. The third-order valence-electron chi connectivity index (χ3n) is 3.55. The molecule has 0 unspecified atom stereocenters. The van der Waals surface area contributed by atoms with E-state index in [0.29, 0.717) is 13.0 Å². The van der Waals surface area contributed by atoms with Crippen LogP contribution in [0.3, 0.4) is 0 Å². The lowest BCUT2D eigenvalue weighted by molar-refractivity contribution is -0.122. The van der Waals surface area contributed by atoms with Gasteiger partial charge in [-0.1, -0.05) is 20.3 Å². The van der Waals surface area contributed by atoms with Gasteiger partial charge in [-0.25, -0.2) is 0 Å². The number of hydrogen-bond donors (Lipinski definition) is 2. The highest BCUT2D eigenvalue weighted by atomic mass is 16.3. The van der Waals surface area contributed by atoms with Crippen LogP contribution < -0.4 is 5.32 Å². The maximum Gasteiger partial charge on any atom is 0.219 e. The topological polar surface area (TPSA) is 49.3 Å². The number of carbonyl (C=O) groups is 1. The third-order valence-corrected chi connectivity index (χ3v) is 3.55. The first-order chi connectivity index (χ1) is 7.09. The summed E-state index contributed by atoms with van der Waals surface area (Å²) in [6.07, 6.45) is 5.54. The van der Waals surface area contributed by atoms with Gasteiger partial charge in [-0.15, -0.1) is 0 Å². The predicted octanol–water partition coefficient (Wildman–Crippen LogP) is 1.84. The van der Waals surface area contributed by atoms with E-state index in [1.54, 1.807) is 0 Å². The van der Waals surface area contributed by atoms with Gasteiger partial charge in [0.1, 0.15) is 0 Å². The van der Waals surface area contributed by atoms with Crippen molar-refractivity contribution in [3.63, 3.8) is 0 Å². The molecule has 0 saturated heterocycles. The molecule has 0 aliphatic heterocycles. The van der Waals surface area contributed by atoms with Crippen molar-refractivity contribution in [2.45, 2.75) is 58.0 Å². The van der Waals surface area contributed by atoms with E-state index < -0.39 is 5.60 Å². The molecule has 88 valence electrons. The van der Waals surface area contributed by atoms with Crippen molar-refractivity contribution in [3.05, 3.63) is 0 Å². The second-order valence-corrected chi connectivity index (χ2v) is 4.71. The molecule has 0 aromatic carbocycles. The zero-order chi connectivity index (χ0) is 11.3. The first-order valence-corrected chi connectivity index (χ1v) is 6.08. The number of aliphatic hydroxyl groups is 1. The molecular formula is C12H23NO2. The molecule has 1 amide bonds. The summed E-state index contributed by atoms with van der Waals surface area (Å²) in [6.45, 7) is 4.46. The summed E-state index contributed by atoms with van der Waals surface area (Å²) in [5, 5.41) is 13.0. The van der Waals surface area contributed by atoms with Crippen molar-refractivity contribution >= 4 is 5.91 Å². The standard InChI is InChI=1S/C12H23NO2/c1-3-10-5-7-12(15,8-6-10)9-13-11(14)4-2/h10,15H,3-9H2,1-2H3,(H,13,14). The summed E-state index contributed by atoms with van der Waals surface area (Å²) in [7, 11) is 0. The lowest BCUT2D eigenvalue weighted by Gasteiger charge is -2.35. The summed E-state index contributed by atoms with van der Waals surface area (Å²) in [6, 6.07) is 0. The molecule has 1 aliphatic carbocycles. The number of nitrogens with one attached hydrogen (secondary N) is 1. The maximum atomic E-state index is 11.1. The average molecular weight is 213 g/mol. The van der Waals surface area contributed by atoms with Crippen LogP contribution in [0.5, 0.6) is 0 Å². The SMILES string of the molecule is CCC(=O)NCC1(O)CCC(CC)CC1. The molecule has 0 aromatic rings. The summed E-state index contributed by atoms with van der Waals surface area (Å²) in [5.41, 5.74) is -0.642. The van der Waals surface area contributed by atoms with Gasteiger partial charge in [0.15, 0.2) is 0 Å². The smallest absolute Gasteiger partial charge is 0.219 e. The Morgan fingerprint density at radius 1 is 1.40 bits per heavy atom. The lowest BCUT2D eigenvalue weighted by atomic mass is 9.78. The quantitative estimate of drug-likeness (QED) is 0.748. The van der Waals surface area contributed by atoms with E-state index in [9.17, 15) is 9.90 Å². The second-order valence-electron chi connectivity index (χ2n) is 4.71. The van der Waals surface area contributed by atoms with Crippen LogP contribution in [0.2, 0.25) is 0 Å². The monoisotopic (exact) mass is 213 g/mol. The third kappa shape index (κ3) is 3.82. The molecule has 3 nitrogen and oxygen atoms in total. The van der Waals surface area contributed by atoms with Crippen molar-refractivity contribution in [3.8, 4) is 0 Å². The summed E-state index contributed by atoms with van der Waals surface area (Å²) >= 11 is 0. The minimum absolute atomic E-state index is 0.0287. The number of amides is 1. The fraction of sp³-hybridized carbons (Fsp3) is 0.917. The van der Waals surface area contributed by atoms with Crippen LogP contribution in [-0.2, 0) is 4.79 Å². The number of carbonyl (C=O) groups excluding carboxylic acids is 1. The highest BCUT2D eigenvalue weighted by Gasteiger charge is 2.32. The second kappa shape index (κ2) is 5.50. The van der Waals surface area contributed by atoms with Crippen molar-refractivity contribution in [1.29, 1.82) is 0 Å². The van der Waals surface area contributed by atoms with E-state index in [4.69, 9.17) is 0 Å². The van der Waals surface area contributed by atoms with E-state index in [1.807, 2.05) is 6.92 Å². The Morgan fingerprint density at radius 3 is 2.47 bits per heavy atom. The van der Waals surface area contributed by atoms with E-state index in [2.05, 4.69) is 12.2 Å².